The maximum Gasteiger partial charge on any atom is 0.337 e. The van der Waals surface area contributed by atoms with Crippen molar-refractivity contribution in [3.63, 3.8) is 0 Å². The van der Waals surface area contributed by atoms with E-state index in [-0.39, 0.29) is 22.8 Å². The fourth-order valence-corrected chi connectivity index (χ4v) is 1.50. The Hall–Kier alpha value is -2.90. The Labute approximate surface area is 108 Å². The molecule has 1 heterocycles. The number of rotatable bonds is 3. The van der Waals surface area contributed by atoms with E-state index in [1.165, 1.54) is 10.7 Å². The molecule has 8 nitrogen and oxygen atoms in total. The lowest BCUT2D eigenvalue weighted by Crippen LogP contribution is -2.25. The minimum atomic E-state index is -1.06. The van der Waals surface area contributed by atoms with E-state index < -0.39 is 5.97 Å². The molecule has 0 saturated heterocycles. The molecule has 5 N–H and O–H groups in total. The fraction of sp³-hybridized carbons (Fsp3) is 0.0909. The lowest BCUT2D eigenvalue weighted by molar-refractivity contribution is 0.0698. The summed E-state index contributed by atoms with van der Waals surface area (Å²) >= 11 is 0. The lowest BCUT2D eigenvalue weighted by Gasteiger charge is -2.09. The second-order valence-electron chi connectivity index (χ2n) is 3.77. The zero-order valence-electron chi connectivity index (χ0n) is 10.1. The number of hydrogen-bond donors (Lipinski definition) is 4. The Kier molecular flexibility index (Phi) is 3.15. The predicted octanol–water partition coefficient (Wildman–Crippen LogP) is 0.319. The summed E-state index contributed by atoms with van der Waals surface area (Å²) in [4.78, 5) is 14.9. The highest BCUT2D eigenvalue weighted by atomic mass is 16.4. The van der Waals surface area contributed by atoms with Crippen molar-refractivity contribution in [3.8, 4) is 0 Å². The van der Waals surface area contributed by atoms with E-state index in [0.29, 0.717) is 5.69 Å². The third kappa shape index (κ3) is 2.51. The number of para-hydroxylation sites is 1. The van der Waals surface area contributed by atoms with Crippen LogP contribution >= 0.6 is 0 Å². The Balaban J connectivity index is 2.42. The number of nitrogens with zero attached hydrogens (tertiary/aromatic N) is 3. The molecule has 98 valence electrons. The highest BCUT2D eigenvalue weighted by Crippen LogP contribution is 2.18. The molecule has 0 aliphatic rings. The molecular weight excluding hydrogens is 248 g/mol. The van der Waals surface area contributed by atoms with Crippen molar-refractivity contribution in [1.82, 2.24) is 14.8 Å². The number of benzene rings is 1. The number of carboxylic acid groups (broad SMARTS) is 1. The van der Waals surface area contributed by atoms with Gasteiger partial charge in [0.25, 0.3) is 0 Å². The quantitative estimate of drug-likeness (QED) is 0.628. The number of nitrogens with two attached hydrogens (primary N) is 1. The van der Waals surface area contributed by atoms with Gasteiger partial charge in [-0.3, -0.25) is 5.41 Å². The number of aromatic nitrogens is 3. The first-order chi connectivity index (χ1) is 8.99. The topological polar surface area (TPSA) is 130 Å². The van der Waals surface area contributed by atoms with Crippen LogP contribution in [0.1, 0.15) is 10.4 Å². The van der Waals surface area contributed by atoms with Crippen LogP contribution in [0.4, 0.5) is 17.5 Å². The largest absolute Gasteiger partial charge is 0.478 e. The Morgan fingerprint density at radius 1 is 1.47 bits per heavy atom. The van der Waals surface area contributed by atoms with Gasteiger partial charge < -0.3 is 16.2 Å². The molecule has 1 aromatic carbocycles. The second-order valence-corrected chi connectivity index (χ2v) is 3.77. The molecule has 0 fully saturated rings. The minimum Gasteiger partial charge on any atom is -0.478 e. The molecule has 0 spiro atoms. The van der Waals surface area contributed by atoms with Gasteiger partial charge in [-0.15, -0.1) is 5.10 Å². The standard InChI is InChI=1S/C11H12N6O2/c1-17-9(13)8(12)15-11(16-17)14-7-5-3-2-4-6(7)10(18)19/h2-5,13H,1H3,(H,18,19)(H3,12,14,15,16). The molecule has 0 aliphatic carbocycles. The SMILES string of the molecule is Cn1nc(Nc2ccccc2C(=O)O)nc(N)c1=N. The number of carboxylic acids is 1. The van der Waals surface area contributed by atoms with Crippen LogP contribution in [-0.2, 0) is 7.05 Å². The van der Waals surface area contributed by atoms with Crippen molar-refractivity contribution >= 4 is 23.4 Å². The van der Waals surface area contributed by atoms with Crippen molar-refractivity contribution in [3.05, 3.63) is 35.3 Å². The van der Waals surface area contributed by atoms with E-state index in [4.69, 9.17) is 16.2 Å². The molecule has 0 saturated carbocycles. The van der Waals surface area contributed by atoms with Gasteiger partial charge in [0.1, 0.15) is 0 Å². The summed E-state index contributed by atoms with van der Waals surface area (Å²) in [5, 5.41) is 23.3. The molecule has 0 radical (unpaired) electrons. The van der Waals surface area contributed by atoms with Crippen LogP contribution in [0.3, 0.4) is 0 Å². The summed E-state index contributed by atoms with van der Waals surface area (Å²) in [6.07, 6.45) is 0. The Morgan fingerprint density at radius 2 is 2.16 bits per heavy atom. The maximum atomic E-state index is 11.1. The van der Waals surface area contributed by atoms with E-state index in [1.807, 2.05) is 0 Å². The van der Waals surface area contributed by atoms with Gasteiger partial charge in [0.15, 0.2) is 11.3 Å². The van der Waals surface area contributed by atoms with E-state index in [1.54, 1.807) is 25.2 Å². The van der Waals surface area contributed by atoms with Crippen LogP contribution in [-0.4, -0.2) is 25.8 Å². The molecule has 0 unspecified atom stereocenters. The van der Waals surface area contributed by atoms with Gasteiger partial charge in [0.05, 0.1) is 11.3 Å². The van der Waals surface area contributed by atoms with Crippen LogP contribution in [0.2, 0.25) is 0 Å². The van der Waals surface area contributed by atoms with E-state index in [0.717, 1.165) is 0 Å². The molecular formula is C11H12N6O2. The maximum absolute atomic E-state index is 11.1. The first kappa shape index (κ1) is 12.6. The molecule has 2 rings (SSSR count). The van der Waals surface area contributed by atoms with Crippen LogP contribution in [0, 0.1) is 5.41 Å². The second kappa shape index (κ2) is 4.77. The molecule has 2 aromatic rings. The average molecular weight is 260 g/mol. The summed E-state index contributed by atoms with van der Waals surface area (Å²) in [6, 6.07) is 6.37. The molecule has 1 aromatic heterocycles. The molecule has 0 bridgehead atoms. The van der Waals surface area contributed by atoms with Crippen molar-refractivity contribution in [2.75, 3.05) is 11.1 Å². The third-order valence-corrected chi connectivity index (χ3v) is 2.44. The summed E-state index contributed by atoms with van der Waals surface area (Å²) in [7, 11) is 1.55. The van der Waals surface area contributed by atoms with Crippen molar-refractivity contribution in [1.29, 1.82) is 5.41 Å². The number of carbonyl (C=O) groups is 1. The first-order valence-electron chi connectivity index (χ1n) is 5.34. The predicted molar refractivity (Wildman–Crippen MR) is 68.0 cm³/mol. The molecule has 8 heteroatoms. The Bertz CT molecular complexity index is 668. The average Bonchev–Trinajstić information content (AvgIpc) is 2.36. The van der Waals surface area contributed by atoms with Crippen LogP contribution in [0.5, 0.6) is 0 Å². The van der Waals surface area contributed by atoms with Crippen LogP contribution in [0.25, 0.3) is 0 Å². The van der Waals surface area contributed by atoms with Gasteiger partial charge in [0, 0.05) is 7.05 Å². The molecule has 0 atom stereocenters. The normalized spacial score (nSPS) is 10.2. The fourth-order valence-electron chi connectivity index (χ4n) is 1.50. The summed E-state index contributed by atoms with van der Waals surface area (Å²) in [6.45, 7) is 0. The zero-order valence-corrected chi connectivity index (χ0v) is 10.1. The number of anilines is 3. The van der Waals surface area contributed by atoms with Gasteiger partial charge in [-0.05, 0) is 12.1 Å². The molecule has 19 heavy (non-hydrogen) atoms. The van der Waals surface area contributed by atoms with E-state index in [9.17, 15) is 4.79 Å². The van der Waals surface area contributed by atoms with Crippen molar-refractivity contribution in [2.24, 2.45) is 7.05 Å². The lowest BCUT2D eigenvalue weighted by atomic mass is 10.2. The van der Waals surface area contributed by atoms with Crippen LogP contribution < -0.4 is 16.5 Å². The molecule has 0 amide bonds. The Morgan fingerprint density at radius 3 is 2.79 bits per heavy atom. The van der Waals surface area contributed by atoms with E-state index in [2.05, 4.69) is 15.4 Å². The highest BCUT2D eigenvalue weighted by Gasteiger charge is 2.11. The summed E-state index contributed by atoms with van der Waals surface area (Å²) in [5.41, 5.74) is 5.99. The van der Waals surface area contributed by atoms with E-state index >= 15 is 0 Å². The highest BCUT2D eigenvalue weighted by molar-refractivity contribution is 5.94. The van der Waals surface area contributed by atoms with Gasteiger partial charge in [-0.1, -0.05) is 12.1 Å². The smallest absolute Gasteiger partial charge is 0.337 e. The number of aryl methyl sites for hydroxylation is 1. The minimum absolute atomic E-state index is 0.00723. The van der Waals surface area contributed by atoms with Crippen molar-refractivity contribution < 1.29 is 9.90 Å². The molecule has 0 aliphatic heterocycles. The zero-order chi connectivity index (χ0) is 14.0. The monoisotopic (exact) mass is 260 g/mol. The van der Waals surface area contributed by atoms with Gasteiger partial charge >= 0.3 is 5.97 Å². The van der Waals surface area contributed by atoms with Crippen molar-refractivity contribution in [2.45, 2.75) is 0 Å². The third-order valence-electron chi connectivity index (χ3n) is 2.44. The number of nitrogen functional groups attached to an aromatic ring is 1. The van der Waals surface area contributed by atoms with Gasteiger partial charge in [-0.2, -0.15) is 4.98 Å². The number of aromatic carboxylic acids is 1. The number of hydrogen-bond acceptors (Lipinski definition) is 6. The number of nitrogens with one attached hydrogen (secondary N) is 2. The summed E-state index contributed by atoms with van der Waals surface area (Å²) in [5.74, 6) is -0.921. The van der Waals surface area contributed by atoms with Crippen LogP contribution in [0.15, 0.2) is 24.3 Å². The summed E-state index contributed by atoms with van der Waals surface area (Å²) < 4.78 is 1.24. The van der Waals surface area contributed by atoms with Gasteiger partial charge in [-0.25, -0.2) is 9.48 Å². The first-order valence-corrected chi connectivity index (χ1v) is 5.34. The van der Waals surface area contributed by atoms with Gasteiger partial charge in [0.2, 0.25) is 5.95 Å².